The Morgan fingerprint density at radius 1 is 1.06 bits per heavy atom. The molecule has 0 spiro atoms. The maximum Gasteiger partial charge on any atom is 0.300 e. The molecule has 3 aromatic rings. The van der Waals surface area contributed by atoms with Gasteiger partial charge in [0.05, 0.1) is 29.8 Å². The molecule has 1 saturated heterocycles. The lowest BCUT2D eigenvalue weighted by Crippen LogP contribution is -2.29. The van der Waals surface area contributed by atoms with E-state index in [4.69, 9.17) is 9.47 Å². The summed E-state index contributed by atoms with van der Waals surface area (Å²) in [6, 6.07) is 18.8. The molecule has 1 unspecified atom stereocenters. The number of ether oxygens (including phenoxy) is 2. The van der Waals surface area contributed by atoms with Crippen molar-refractivity contribution in [2.45, 2.75) is 19.9 Å². The van der Waals surface area contributed by atoms with Gasteiger partial charge in [0.1, 0.15) is 17.3 Å². The molecule has 1 heterocycles. The molecular formula is C27H24BrNO5. The largest absolute Gasteiger partial charge is 0.507 e. The quantitative estimate of drug-likeness (QED) is 0.252. The number of aliphatic hydroxyl groups excluding tert-OH is 1. The van der Waals surface area contributed by atoms with Gasteiger partial charge in [0.25, 0.3) is 11.7 Å². The molecule has 1 amide bonds. The van der Waals surface area contributed by atoms with Crippen LogP contribution >= 0.6 is 15.9 Å². The summed E-state index contributed by atoms with van der Waals surface area (Å²) in [6.45, 7) is 4.34. The average molecular weight is 522 g/mol. The van der Waals surface area contributed by atoms with Gasteiger partial charge in [0.2, 0.25) is 0 Å². The molecule has 7 heteroatoms. The van der Waals surface area contributed by atoms with Crippen LogP contribution in [0.1, 0.15) is 29.7 Å². The zero-order valence-corrected chi connectivity index (χ0v) is 20.6. The average Bonchev–Trinajstić information content (AvgIpc) is 3.09. The van der Waals surface area contributed by atoms with Gasteiger partial charge in [-0.05, 0) is 83.4 Å². The predicted octanol–water partition coefficient (Wildman–Crippen LogP) is 5.79. The van der Waals surface area contributed by atoms with Gasteiger partial charge in [-0.1, -0.05) is 24.3 Å². The van der Waals surface area contributed by atoms with Crippen LogP contribution in [-0.2, 0) is 9.59 Å². The SMILES string of the molecule is CCOc1ccc(C2/C(=C(/O)c3ccc(OC)c(Br)c3)C(=O)C(=O)N2c2cccc(C)c2)cc1. The first kappa shape index (κ1) is 23.6. The van der Waals surface area contributed by atoms with Crippen LogP contribution in [0.5, 0.6) is 11.5 Å². The summed E-state index contributed by atoms with van der Waals surface area (Å²) in [6.07, 6.45) is 0. The standard InChI is InChI=1S/C27H24BrNO5/c1-4-34-20-11-8-17(9-12-20)24-23(25(30)18-10-13-22(33-3)21(28)15-18)26(31)27(32)29(24)19-7-5-6-16(2)14-19/h5-15,24,30H,4H2,1-3H3/b25-23-. The molecule has 1 aliphatic heterocycles. The lowest BCUT2D eigenvalue weighted by atomic mass is 9.95. The Bertz CT molecular complexity index is 1280. The minimum absolute atomic E-state index is 0.0210. The number of carbonyl (C=O) groups excluding carboxylic acids is 2. The van der Waals surface area contributed by atoms with Crippen molar-refractivity contribution in [1.29, 1.82) is 0 Å². The lowest BCUT2D eigenvalue weighted by Gasteiger charge is -2.26. The number of aryl methyl sites for hydroxylation is 1. The van der Waals surface area contributed by atoms with Crippen molar-refractivity contribution in [3.8, 4) is 11.5 Å². The smallest absolute Gasteiger partial charge is 0.300 e. The summed E-state index contributed by atoms with van der Waals surface area (Å²) >= 11 is 3.42. The molecule has 1 atom stereocenters. The molecule has 3 aromatic carbocycles. The van der Waals surface area contributed by atoms with Crippen molar-refractivity contribution < 1.29 is 24.2 Å². The third-order valence-corrected chi connectivity index (χ3v) is 6.28. The van der Waals surface area contributed by atoms with E-state index < -0.39 is 17.7 Å². The minimum Gasteiger partial charge on any atom is -0.507 e. The molecule has 1 fully saturated rings. The van der Waals surface area contributed by atoms with E-state index in [2.05, 4.69) is 15.9 Å². The Hall–Kier alpha value is -3.58. The van der Waals surface area contributed by atoms with Crippen LogP contribution in [0.15, 0.2) is 76.8 Å². The minimum atomic E-state index is -0.807. The number of amides is 1. The first-order chi connectivity index (χ1) is 16.3. The number of methoxy groups -OCH3 is 1. The van der Waals surface area contributed by atoms with Crippen molar-refractivity contribution in [1.82, 2.24) is 0 Å². The van der Waals surface area contributed by atoms with Crippen LogP contribution in [0, 0.1) is 6.92 Å². The number of Topliss-reactive ketones (excluding diaryl/α,β-unsaturated/α-hetero) is 1. The van der Waals surface area contributed by atoms with Crippen LogP contribution in [0.2, 0.25) is 0 Å². The fourth-order valence-electron chi connectivity index (χ4n) is 4.07. The first-order valence-corrected chi connectivity index (χ1v) is 11.6. The molecular weight excluding hydrogens is 498 g/mol. The highest BCUT2D eigenvalue weighted by molar-refractivity contribution is 9.10. The molecule has 0 aliphatic carbocycles. The fraction of sp³-hybridized carbons (Fsp3) is 0.185. The summed E-state index contributed by atoms with van der Waals surface area (Å²) in [5.74, 6) is -0.433. The number of hydrogen-bond donors (Lipinski definition) is 1. The van der Waals surface area contributed by atoms with Crippen LogP contribution in [0.4, 0.5) is 5.69 Å². The molecule has 1 N–H and O–H groups in total. The van der Waals surface area contributed by atoms with Gasteiger partial charge in [0, 0.05) is 11.3 Å². The molecule has 0 aromatic heterocycles. The topological polar surface area (TPSA) is 76.1 Å². The van der Waals surface area contributed by atoms with E-state index in [1.54, 1.807) is 43.5 Å². The fourth-order valence-corrected chi connectivity index (χ4v) is 4.61. The Kier molecular flexibility index (Phi) is 6.75. The second kappa shape index (κ2) is 9.73. The normalized spacial score (nSPS) is 17.2. The highest BCUT2D eigenvalue weighted by Crippen LogP contribution is 2.43. The molecule has 0 bridgehead atoms. The Balaban J connectivity index is 1.91. The number of benzene rings is 3. The third kappa shape index (κ3) is 4.31. The Morgan fingerprint density at radius 3 is 2.41 bits per heavy atom. The van der Waals surface area contributed by atoms with Crippen LogP contribution < -0.4 is 14.4 Å². The van der Waals surface area contributed by atoms with Gasteiger partial charge in [-0.15, -0.1) is 0 Å². The lowest BCUT2D eigenvalue weighted by molar-refractivity contribution is -0.132. The summed E-state index contributed by atoms with van der Waals surface area (Å²) in [5.41, 5.74) is 2.62. The number of halogens is 1. The molecule has 0 saturated carbocycles. The first-order valence-electron chi connectivity index (χ1n) is 10.8. The zero-order valence-electron chi connectivity index (χ0n) is 19.0. The molecule has 34 heavy (non-hydrogen) atoms. The van der Waals surface area contributed by atoms with E-state index in [-0.39, 0.29) is 11.3 Å². The summed E-state index contributed by atoms with van der Waals surface area (Å²) in [5, 5.41) is 11.3. The van der Waals surface area contributed by atoms with Crippen molar-refractivity contribution in [3.05, 3.63) is 93.5 Å². The number of hydrogen-bond acceptors (Lipinski definition) is 5. The Labute approximate surface area is 206 Å². The van der Waals surface area contributed by atoms with E-state index in [0.29, 0.717) is 39.4 Å². The van der Waals surface area contributed by atoms with E-state index in [9.17, 15) is 14.7 Å². The molecule has 6 nitrogen and oxygen atoms in total. The van der Waals surface area contributed by atoms with E-state index >= 15 is 0 Å². The number of nitrogens with zero attached hydrogens (tertiary/aromatic N) is 1. The highest BCUT2D eigenvalue weighted by Gasteiger charge is 2.47. The van der Waals surface area contributed by atoms with Crippen molar-refractivity contribution in [3.63, 3.8) is 0 Å². The Morgan fingerprint density at radius 2 is 1.79 bits per heavy atom. The maximum atomic E-state index is 13.3. The number of carbonyl (C=O) groups is 2. The van der Waals surface area contributed by atoms with E-state index in [1.165, 1.54) is 4.90 Å². The second-order valence-electron chi connectivity index (χ2n) is 7.86. The van der Waals surface area contributed by atoms with Crippen molar-refractivity contribution in [2.24, 2.45) is 0 Å². The molecule has 174 valence electrons. The number of rotatable bonds is 6. The van der Waals surface area contributed by atoms with Gasteiger partial charge in [-0.2, -0.15) is 0 Å². The van der Waals surface area contributed by atoms with Crippen LogP contribution in [-0.4, -0.2) is 30.5 Å². The van der Waals surface area contributed by atoms with E-state index in [0.717, 1.165) is 5.56 Å². The second-order valence-corrected chi connectivity index (χ2v) is 8.71. The monoisotopic (exact) mass is 521 g/mol. The summed E-state index contributed by atoms with van der Waals surface area (Å²) in [4.78, 5) is 28.0. The van der Waals surface area contributed by atoms with Crippen LogP contribution in [0.3, 0.4) is 0 Å². The summed E-state index contributed by atoms with van der Waals surface area (Å²) < 4.78 is 11.4. The van der Waals surface area contributed by atoms with Gasteiger partial charge < -0.3 is 14.6 Å². The molecule has 0 radical (unpaired) electrons. The number of anilines is 1. The van der Waals surface area contributed by atoms with Gasteiger partial charge in [-0.3, -0.25) is 14.5 Å². The van der Waals surface area contributed by atoms with Crippen LogP contribution in [0.25, 0.3) is 5.76 Å². The summed E-state index contributed by atoms with van der Waals surface area (Å²) in [7, 11) is 1.54. The highest BCUT2D eigenvalue weighted by atomic mass is 79.9. The third-order valence-electron chi connectivity index (χ3n) is 5.66. The van der Waals surface area contributed by atoms with Gasteiger partial charge in [0.15, 0.2) is 0 Å². The number of ketones is 1. The van der Waals surface area contributed by atoms with Crippen molar-refractivity contribution in [2.75, 3.05) is 18.6 Å². The van der Waals surface area contributed by atoms with Gasteiger partial charge in [-0.25, -0.2) is 0 Å². The predicted molar refractivity (Wildman–Crippen MR) is 134 cm³/mol. The maximum absolute atomic E-state index is 13.3. The number of aliphatic hydroxyl groups is 1. The van der Waals surface area contributed by atoms with Crippen molar-refractivity contribution >= 4 is 39.1 Å². The molecule has 1 aliphatic rings. The zero-order chi connectivity index (χ0) is 24.4. The van der Waals surface area contributed by atoms with E-state index in [1.807, 2.05) is 44.2 Å². The molecule has 4 rings (SSSR count). The van der Waals surface area contributed by atoms with Gasteiger partial charge >= 0.3 is 0 Å².